The van der Waals surface area contributed by atoms with Crippen LogP contribution in [0.2, 0.25) is 0 Å². The van der Waals surface area contributed by atoms with Crippen LogP contribution in [0.3, 0.4) is 0 Å². The molecule has 0 saturated heterocycles. The van der Waals surface area contributed by atoms with Gasteiger partial charge in [0.1, 0.15) is 0 Å². The van der Waals surface area contributed by atoms with Gasteiger partial charge in [-0.3, -0.25) is 0 Å². The molecule has 1 aromatic carbocycles. The van der Waals surface area contributed by atoms with Crippen LogP contribution in [0.1, 0.15) is 10.4 Å². The fourth-order valence-electron chi connectivity index (χ4n) is 1.08. The molecule has 2 aromatic rings. The Morgan fingerprint density at radius 1 is 1.20 bits per heavy atom. The van der Waals surface area contributed by atoms with E-state index >= 15 is 0 Å². The first-order valence-electron chi connectivity index (χ1n) is 4.27. The van der Waals surface area contributed by atoms with Crippen LogP contribution in [0.5, 0.6) is 0 Å². The molecule has 0 amide bonds. The molecule has 0 fully saturated rings. The van der Waals surface area contributed by atoms with Gasteiger partial charge in [0.25, 0.3) is 0 Å². The van der Waals surface area contributed by atoms with Gasteiger partial charge < -0.3 is 5.11 Å². The Morgan fingerprint density at radius 2 is 1.93 bits per heavy atom. The van der Waals surface area contributed by atoms with E-state index < -0.39 is 5.97 Å². The van der Waals surface area contributed by atoms with Crippen LogP contribution < -0.4 is 21.2 Å². The van der Waals surface area contributed by atoms with E-state index in [0.29, 0.717) is 5.56 Å². The third-order valence-electron chi connectivity index (χ3n) is 1.78. The van der Waals surface area contributed by atoms with Gasteiger partial charge in [0.15, 0.2) is 3.57 Å². The summed E-state index contributed by atoms with van der Waals surface area (Å²) in [5.74, 6) is -0.865. The molecule has 2 rings (SSSR count). The fourth-order valence-corrected chi connectivity index (χ4v) is 4.70. The lowest BCUT2D eigenvalue weighted by Gasteiger charge is -1.90. The predicted molar refractivity (Wildman–Crippen MR) is 55.1 cm³/mol. The smallest absolute Gasteiger partial charge is 0.369 e. The lowest BCUT2D eigenvalue weighted by Crippen LogP contribution is -3.61. The van der Waals surface area contributed by atoms with E-state index in [4.69, 9.17) is 5.11 Å². The summed E-state index contributed by atoms with van der Waals surface area (Å²) in [4.78, 5) is 10.6. The summed E-state index contributed by atoms with van der Waals surface area (Å²) < 4.78 is 2.65. The average molecular weight is 331 g/mol. The Balaban J connectivity index is 2.14. The highest BCUT2D eigenvalue weighted by molar-refractivity contribution is 7.07. The second-order valence-corrected chi connectivity index (χ2v) is 7.45. The minimum absolute atomic E-state index is 0.141. The van der Waals surface area contributed by atoms with Gasteiger partial charge in [-0.05, 0) is 35.7 Å². The maximum absolute atomic E-state index is 10.6. The molecule has 0 aliphatic heterocycles. The fraction of sp³-hybridized carbons (Fsp3) is 0. The van der Waals surface area contributed by atoms with Gasteiger partial charge in [-0.2, -0.15) is 0 Å². The zero-order valence-corrected chi connectivity index (χ0v) is 10.7. The van der Waals surface area contributed by atoms with Crippen molar-refractivity contribution in [2.24, 2.45) is 0 Å². The number of thiophene rings is 1. The monoisotopic (exact) mass is 331 g/mol. The molecule has 1 aromatic heterocycles. The molecule has 4 heteroatoms. The minimum atomic E-state index is -0.865. The highest BCUT2D eigenvalue weighted by Crippen LogP contribution is 1.98. The van der Waals surface area contributed by atoms with E-state index in [1.165, 1.54) is 6.45 Å². The Bertz CT molecular complexity index is 448. The van der Waals surface area contributed by atoms with E-state index in [2.05, 4.69) is 11.4 Å². The van der Waals surface area contributed by atoms with Crippen molar-refractivity contribution in [1.82, 2.24) is 0 Å². The van der Waals surface area contributed by atoms with E-state index in [-0.39, 0.29) is 21.2 Å². The summed E-state index contributed by atoms with van der Waals surface area (Å²) in [5.41, 5.74) is 0.355. The first-order chi connectivity index (χ1) is 7.25. The highest BCUT2D eigenvalue weighted by Gasteiger charge is 2.16. The number of rotatable bonds is 3. The number of benzene rings is 1. The zero-order chi connectivity index (χ0) is 10.7. The number of hydrogen-bond donors (Lipinski definition) is 1. The maximum Gasteiger partial charge on any atom is 0.369 e. The lowest BCUT2D eigenvalue weighted by molar-refractivity contribution is -0.591. The van der Waals surface area contributed by atoms with E-state index in [1.807, 2.05) is 18.2 Å². The number of carboxylic acid groups (broad SMARTS) is 1. The summed E-state index contributed by atoms with van der Waals surface area (Å²) >= 11 is 1.62. The molecular weight excluding hydrogens is 323 g/mol. The van der Waals surface area contributed by atoms with Crippen LogP contribution >= 0.6 is 11.3 Å². The van der Waals surface area contributed by atoms with Gasteiger partial charge >= 0.3 is 27.2 Å². The minimum Gasteiger partial charge on any atom is -0.478 e. The summed E-state index contributed by atoms with van der Waals surface area (Å²) in [5, 5.41) is 10.8. The van der Waals surface area contributed by atoms with Crippen LogP contribution in [0.4, 0.5) is 0 Å². The van der Waals surface area contributed by atoms with Crippen molar-refractivity contribution in [3.63, 3.8) is 0 Å². The summed E-state index contributed by atoms with van der Waals surface area (Å²) in [7, 11) is 0. The third kappa shape index (κ3) is 2.79. The van der Waals surface area contributed by atoms with Crippen molar-refractivity contribution in [1.29, 1.82) is 0 Å². The van der Waals surface area contributed by atoms with Crippen LogP contribution in [0.15, 0.2) is 41.8 Å². The van der Waals surface area contributed by atoms with Crippen molar-refractivity contribution >= 4 is 17.3 Å². The van der Waals surface area contributed by atoms with Crippen molar-refractivity contribution in [3.8, 4) is 0 Å². The molecule has 0 spiro atoms. The zero-order valence-electron chi connectivity index (χ0n) is 7.68. The summed E-state index contributed by atoms with van der Waals surface area (Å²) in [6.07, 6.45) is 0. The Morgan fingerprint density at radius 3 is 2.47 bits per heavy atom. The second kappa shape index (κ2) is 4.76. The van der Waals surface area contributed by atoms with Crippen LogP contribution in [0.25, 0.3) is 0 Å². The van der Waals surface area contributed by atoms with Crippen LogP contribution in [-0.4, -0.2) is 11.1 Å². The van der Waals surface area contributed by atoms with Crippen LogP contribution in [0, 0.1) is 6.45 Å². The molecular formula is C11H8IO2S+. The number of aromatic carboxylic acids is 1. The molecule has 0 atom stereocenters. The lowest BCUT2D eigenvalue weighted by atomic mass is 10.2. The van der Waals surface area contributed by atoms with Crippen molar-refractivity contribution < 1.29 is 31.1 Å². The highest BCUT2D eigenvalue weighted by atomic mass is 127. The van der Waals surface area contributed by atoms with E-state index in [1.54, 1.807) is 23.5 Å². The Kier molecular flexibility index (Phi) is 3.37. The molecule has 0 bridgehead atoms. The molecule has 0 saturated carbocycles. The van der Waals surface area contributed by atoms with Gasteiger partial charge in [0, 0.05) is 6.07 Å². The van der Waals surface area contributed by atoms with Crippen molar-refractivity contribution in [2.75, 3.05) is 0 Å². The van der Waals surface area contributed by atoms with Gasteiger partial charge in [-0.25, -0.2) is 4.79 Å². The van der Waals surface area contributed by atoms with E-state index in [9.17, 15) is 4.79 Å². The number of carbonyl (C=O) groups is 1. The number of carboxylic acids is 1. The Hall–Kier alpha value is -0.880. The van der Waals surface area contributed by atoms with Crippen LogP contribution in [-0.2, 0) is 0 Å². The molecule has 1 heterocycles. The third-order valence-corrected chi connectivity index (χ3v) is 5.95. The van der Waals surface area contributed by atoms with Gasteiger partial charge in [0.2, 0.25) is 2.88 Å². The summed E-state index contributed by atoms with van der Waals surface area (Å²) in [6, 6.07) is 11.3. The van der Waals surface area contributed by atoms with E-state index in [0.717, 1.165) is 0 Å². The molecule has 15 heavy (non-hydrogen) atoms. The quantitative estimate of drug-likeness (QED) is 0.776. The van der Waals surface area contributed by atoms with Gasteiger partial charge in [-0.1, -0.05) is 11.3 Å². The largest absolute Gasteiger partial charge is 0.478 e. The standard InChI is InChI=1S/C11H7IO2S/c13-11(14)8-3-5-9(6-4-8)12-10-2-1-7-15-10/h1-7H/p+1. The molecule has 0 aliphatic rings. The number of hydrogen-bond acceptors (Lipinski definition) is 2. The molecule has 0 radical (unpaired) electrons. The maximum atomic E-state index is 10.6. The average Bonchev–Trinajstić information content (AvgIpc) is 2.71. The SMILES string of the molecule is O=C(O)c1ccc([I+]c2cccs2)cc1. The molecule has 1 N–H and O–H groups in total. The topological polar surface area (TPSA) is 37.3 Å². The number of halogens is 1. The second-order valence-electron chi connectivity index (χ2n) is 2.82. The van der Waals surface area contributed by atoms with Crippen molar-refractivity contribution in [3.05, 3.63) is 53.8 Å². The molecule has 2 nitrogen and oxygen atoms in total. The molecule has 0 aliphatic carbocycles. The Labute approximate surface area is 102 Å². The summed E-state index contributed by atoms with van der Waals surface area (Å²) in [6.45, 7) is 0. The van der Waals surface area contributed by atoms with Gasteiger partial charge in [0.05, 0.1) is 5.56 Å². The van der Waals surface area contributed by atoms with Gasteiger partial charge in [-0.15, -0.1) is 0 Å². The normalized spacial score (nSPS) is 10.1. The first kappa shape index (κ1) is 10.6. The molecule has 76 valence electrons. The van der Waals surface area contributed by atoms with Crippen molar-refractivity contribution in [2.45, 2.75) is 0 Å². The molecule has 0 unspecified atom stereocenters. The first-order valence-corrected chi connectivity index (χ1v) is 7.31. The predicted octanol–water partition coefficient (Wildman–Crippen LogP) is -0.425.